The Hall–Kier alpha value is -1.32. The number of alkyl halides is 4. The fourth-order valence-electron chi connectivity index (χ4n) is 1.72. The Balaban J connectivity index is 2.50. The number of amides is 2. The highest BCUT2D eigenvalue weighted by atomic mass is 79.9. The third-order valence-corrected chi connectivity index (χ3v) is 3.20. The Bertz CT molecular complexity index is 508. The second kappa shape index (κ2) is 4.99. The molecule has 1 saturated heterocycles. The molecule has 9 heteroatoms. The van der Waals surface area contributed by atoms with E-state index in [9.17, 15) is 18.0 Å². The molecule has 0 spiro atoms. The van der Waals surface area contributed by atoms with Gasteiger partial charge in [-0.05, 0) is 12.1 Å². The minimum atomic E-state index is -4.47. The van der Waals surface area contributed by atoms with E-state index < -0.39 is 17.8 Å². The van der Waals surface area contributed by atoms with Crippen molar-refractivity contribution in [3.05, 3.63) is 29.3 Å². The molecule has 1 fully saturated rings. The minimum absolute atomic E-state index is 0.00653. The number of halogens is 4. The summed E-state index contributed by atoms with van der Waals surface area (Å²) in [5.41, 5.74) is 4.36. The van der Waals surface area contributed by atoms with E-state index in [4.69, 9.17) is 0 Å². The van der Waals surface area contributed by atoms with Crippen molar-refractivity contribution in [3.63, 3.8) is 0 Å². The van der Waals surface area contributed by atoms with Crippen molar-refractivity contribution in [2.24, 2.45) is 0 Å². The first-order valence-corrected chi connectivity index (χ1v) is 6.32. The highest BCUT2D eigenvalue weighted by molar-refractivity contribution is 9.08. The van der Waals surface area contributed by atoms with Crippen molar-refractivity contribution in [1.29, 1.82) is 0 Å². The SMILES string of the molecule is CN1NNN(c2cccc(C(F)(F)F)c2CBr)C1=O. The molecular formula is C10H10BrF3N4O. The zero-order chi connectivity index (χ0) is 14.2. The van der Waals surface area contributed by atoms with Gasteiger partial charge in [0.05, 0.1) is 11.3 Å². The van der Waals surface area contributed by atoms with Gasteiger partial charge in [0, 0.05) is 17.9 Å². The highest BCUT2D eigenvalue weighted by Gasteiger charge is 2.36. The largest absolute Gasteiger partial charge is 0.416 e. The second-order valence-corrected chi connectivity index (χ2v) is 4.40. The molecule has 5 nitrogen and oxygen atoms in total. The third-order valence-electron chi connectivity index (χ3n) is 2.64. The third kappa shape index (κ3) is 2.53. The lowest BCUT2D eigenvalue weighted by Crippen LogP contribution is -2.38. The minimum Gasteiger partial charge on any atom is -0.246 e. The fraction of sp³-hybridized carbons (Fsp3) is 0.300. The summed E-state index contributed by atoms with van der Waals surface area (Å²) in [6.45, 7) is 0. The van der Waals surface area contributed by atoms with Gasteiger partial charge in [0.25, 0.3) is 0 Å². The molecule has 0 aliphatic carbocycles. The zero-order valence-electron chi connectivity index (χ0n) is 9.75. The van der Waals surface area contributed by atoms with Crippen molar-refractivity contribution in [1.82, 2.24) is 16.1 Å². The summed E-state index contributed by atoms with van der Waals surface area (Å²) >= 11 is 3.03. The van der Waals surface area contributed by atoms with Crippen LogP contribution in [0.25, 0.3) is 0 Å². The van der Waals surface area contributed by atoms with Gasteiger partial charge in [-0.2, -0.15) is 13.2 Å². The van der Waals surface area contributed by atoms with E-state index >= 15 is 0 Å². The predicted molar refractivity (Wildman–Crippen MR) is 66.0 cm³/mol. The molecule has 104 valence electrons. The predicted octanol–water partition coefficient (Wildman–Crippen LogP) is 2.40. The molecule has 2 rings (SSSR count). The molecule has 1 aliphatic rings. The summed E-state index contributed by atoms with van der Waals surface area (Å²) in [4.78, 5) is 11.8. The molecule has 0 saturated carbocycles. The summed E-state index contributed by atoms with van der Waals surface area (Å²) in [5.74, 6) is 0. The van der Waals surface area contributed by atoms with E-state index in [0.29, 0.717) is 0 Å². The van der Waals surface area contributed by atoms with E-state index in [1.807, 2.05) is 0 Å². The lowest BCUT2D eigenvalue weighted by molar-refractivity contribution is -0.138. The number of urea groups is 1. The molecule has 0 unspecified atom stereocenters. The Morgan fingerprint density at radius 1 is 1.32 bits per heavy atom. The lowest BCUT2D eigenvalue weighted by Gasteiger charge is -2.20. The monoisotopic (exact) mass is 338 g/mol. The molecule has 0 atom stereocenters. The van der Waals surface area contributed by atoms with Crippen molar-refractivity contribution in [3.8, 4) is 0 Å². The lowest BCUT2D eigenvalue weighted by atomic mass is 10.1. The van der Waals surface area contributed by atoms with Crippen LogP contribution >= 0.6 is 15.9 Å². The van der Waals surface area contributed by atoms with Crippen molar-refractivity contribution in [2.45, 2.75) is 11.5 Å². The van der Waals surface area contributed by atoms with E-state index in [2.05, 4.69) is 27.0 Å². The number of hydrogen-bond acceptors (Lipinski definition) is 3. The van der Waals surface area contributed by atoms with Gasteiger partial charge in [-0.1, -0.05) is 22.0 Å². The number of rotatable bonds is 2. The van der Waals surface area contributed by atoms with Gasteiger partial charge in [0.1, 0.15) is 0 Å². The summed E-state index contributed by atoms with van der Waals surface area (Å²) in [7, 11) is 1.46. The Morgan fingerprint density at radius 3 is 2.47 bits per heavy atom. The van der Waals surface area contributed by atoms with Crippen LogP contribution in [0.15, 0.2) is 18.2 Å². The number of anilines is 1. The normalized spacial score (nSPS) is 16.4. The maximum Gasteiger partial charge on any atom is 0.416 e. The zero-order valence-corrected chi connectivity index (χ0v) is 11.3. The summed E-state index contributed by atoms with van der Waals surface area (Å²) in [6.07, 6.45) is -4.47. The molecule has 1 heterocycles. The number of carbonyl (C=O) groups is 1. The topological polar surface area (TPSA) is 47.6 Å². The first-order valence-electron chi connectivity index (χ1n) is 5.20. The number of nitrogens with one attached hydrogen (secondary N) is 2. The van der Waals surface area contributed by atoms with Gasteiger partial charge in [-0.3, -0.25) is 0 Å². The Labute approximate surface area is 115 Å². The number of hydrazine groups is 3. The second-order valence-electron chi connectivity index (χ2n) is 3.84. The van der Waals surface area contributed by atoms with Crippen LogP contribution in [0.1, 0.15) is 11.1 Å². The Morgan fingerprint density at radius 2 is 2.00 bits per heavy atom. The van der Waals surface area contributed by atoms with E-state index in [1.165, 1.54) is 19.2 Å². The van der Waals surface area contributed by atoms with Gasteiger partial charge >= 0.3 is 12.2 Å². The van der Waals surface area contributed by atoms with Crippen LogP contribution in [-0.2, 0) is 11.5 Å². The quantitative estimate of drug-likeness (QED) is 0.814. The molecular weight excluding hydrogens is 329 g/mol. The number of hydrogen-bond donors (Lipinski definition) is 2. The van der Waals surface area contributed by atoms with Crippen LogP contribution in [0.5, 0.6) is 0 Å². The van der Waals surface area contributed by atoms with Crippen LogP contribution in [0, 0.1) is 0 Å². The molecule has 1 aromatic carbocycles. The van der Waals surface area contributed by atoms with Crippen molar-refractivity contribution in [2.75, 3.05) is 12.1 Å². The van der Waals surface area contributed by atoms with Crippen molar-refractivity contribution < 1.29 is 18.0 Å². The van der Waals surface area contributed by atoms with Crippen molar-refractivity contribution >= 4 is 27.6 Å². The maximum absolute atomic E-state index is 12.9. The van der Waals surface area contributed by atoms with Crippen LogP contribution in [0.2, 0.25) is 0 Å². The molecule has 1 aromatic rings. The fourth-order valence-corrected chi connectivity index (χ4v) is 2.31. The van der Waals surface area contributed by atoms with Gasteiger partial charge in [0.2, 0.25) is 0 Å². The number of nitrogens with zero attached hydrogens (tertiary/aromatic N) is 2. The molecule has 1 aliphatic heterocycles. The summed E-state index contributed by atoms with van der Waals surface area (Å²) in [6, 6.07) is 3.19. The molecule has 2 amide bonds. The highest BCUT2D eigenvalue weighted by Crippen LogP contribution is 2.37. The smallest absolute Gasteiger partial charge is 0.246 e. The van der Waals surface area contributed by atoms with Gasteiger partial charge < -0.3 is 0 Å². The standard InChI is InChI=1S/C10H10BrF3N4O/c1-17-9(19)18(16-15-17)8-4-2-3-7(6(8)5-11)10(12,13)14/h2-4,15-16H,5H2,1H3. The van der Waals surface area contributed by atoms with Gasteiger partial charge in [-0.25, -0.2) is 14.8 Å². The average molecular weight is 339 g/mol. The van der Waals surface area contributed by atoms with Crippen LogP contribution in [0.4, 0.5) is 23.7 Å². The first kappa shape index (κ1) is 14.1. The average Bonchev–Trinajstić information content (AvgIpc) is 2.68. The van der Waals surface area contributed by atoms with E-state index in [0.717, 1.165) is 16.1 Å². The summed E-state index contributed by atoms with van der Waals surface area (Å²) < 4.78 is 38.7. The molecule has 2 N–H and O–H groups in total. The number of benzene rings is 1. The van der Waals surface area contributed by atoms with Gasteiger partial charge in [0.15, 0.2) is 0 Å². The van der Waals surface area contributed by atoms with Gasteiger partial charge in [-0.15, -0.1) is 11.1 Å². The van der Waals surface area contributed by atoms with Crippen LogP contribution < -0.4 is 16.1 Å². The summed E-state index contributed by atoms with van der Waals surface area (Å²) in [5, 5.41) is 2.12. The number of carbonyl (C=O) groups excluding carboxylic acids is 1. The first-order chi connectivity index (χ1) is 8.86. The Kier molecular flexibility index (Phi) is 3.70. The maximum atomic E-state index is 12.9. The van der Waals surface area contributed by atoms with E-state index in [-0.39, 0.29) is 16.6 Å². The molecule has 19 heavy (non-hydrogen) atoms. The molecule has 0 radical (unpaired) electrons. The molecule has 0 aromatic heterocycles. The van der Waals surface area contributed by atoms with Crippen LogP contribution in [-0.4, -0.2) is 18.1 Å². The van der Waals surface area contributed by atoms with E-state index in [1.54, 1.807) is 0 Å². The molecule has 0 bridgehead atoms. The van der Waals surface area contributed by atoms with Crippen LogP contribution in [0.3, 0.4) is 0 Å².